The van der Waals surface area contributed by atoms with Crippen LogP contribution in [0.4, 0.5) is 0 Å². The Hall–Kier alpha value is -0.120. The molecule has 0 saturated carbocycles. The summed E-state index contributed by atoms with van der Waals surface area (Å²) in [7, 11) is 2.31. The fourth-order valence-corrected chi connectivity index (χ4v) is 2.56. The van der Waals surface area contributed by atoms with Crippen LogP contribution in [-0.2, 0) is 4.74 Å². The van der Waals surface area contributed by atoms with Crippen LogP contribution in [0.2, 0.25) is 0 Å². The lowest BCUT2D eigenvalue weighted by Crippen LogP contribution is -3.21. The molecule has 0 aromatic rings. The predicted molar refractivity (Wildman–Crippen MR) is 51.2 cm³/mol. The van der Waals surface area contributed by atoms with Gasteiger partial charge in [-0.05, 0) is 0 Å². The molecule has 2 fully saturated rings. The molecule has 2 saturated heterocycles. The highest BCUT2D eigenvalue weighted by Crippen LogP contribution is 1.95. The van der Waals surface area contributed by atoms with Crippen molar-refractivity contribution in [2.75, 3.05) is 46.4 Å². The maximum atomic E-state index is 5.39. The standard InChI is InChI=1S/C10H20N2O/c1-11-4-2-10(3-5-11)12-6-8-13-9-7-12/h10H,2-9H2,1H3/p+2. The van der Waals surface area contributed by atoms with Crippen LogP contribution in [0.5, 0.6) is 0 Å². The second kappa shape index (κ2) is 4.40. The third kappa shape index (κ3) is 2.42. The van der Waals surface area contributed by atoms with E-state index >= 15 is 0 Å². The van der Waals surface area contributed by atoms with Gasteiger partial charge in [0.05, 0.1) is 39.4 Å². The van der Waals surface area contributed by atoms with Gasteiger partial charge in [0.2, 0.25) is 0 Å². The van der Waals surface area contributed by atoms with Gasteiger partial charge in [0.15, 0.2) is 0 Å². The largest absolute Gasteiger partial charge is 0.370 e. The van der Waals surface area contributed by atoms with Crippen LogP contribution in [0.15, 0.2) is 0 Å². The summed E-state index contributed by atoms with van der Waals surface area (Å²) in [5, 5.41) is 0. The summed E-state index contributed by atoms with van der Waals surface area (Å²) in [4.78, 5) is 3.52. The van der Waals surface area contributed by atoms with Crippen molar-refractivity contribution in [1.82, 2.24) is 0 Å². The zero-order valence-corrected chi connectivity index (χ0v) is 8.64. The lowest BCUT2D eigenvalue weighted by molar-refractivity contribution is -0.956. The number of likely N-dealkylation sites (tertiary alicyclic amines) is 1. The molecular formula is C10H22N2O+2. The van der Waals surface area contributed by atoms with Crippen LogP contribution in [0.3, 0.4) is 0 Å². The van der Waals surface area contributed by atoms with E-state index < -0.39 is 0 Å². The molecule has 0 bridgehead atoms. The molecule has 0 aromatic carbocycles. The SMILES string of the molecule is C[NH+]1CCC([NH+]2CCOCC2)CC1. The Labute approximate surface area is 80.6 Å². The Balaban J connectivity index is 1.79. The zero-order chi connectivity index (χ0) is 9.10. The number of nitrogens with one attached hydrogen (secondary N) is 2. The molecule has 2 aliphatic rings. The molecule has 3 nitrogen and oxygen atoms in total. The van der Waals surface area contributed by atoms with E-state index in [1.165, 1.54) is 39.0 Å². The molecule has 76 valence electrons. The highest BCUT2D eigenvalue weighted by Gasteiger charge is 2.29. The highest BCUT2D eigenvalue weighted by atomic mass is 16.5. The molecule has 0 aromatic heterocycles. The van der Waals surface area contributed by atoms with Crippen molar-refractivity contribution >= 4 is 0 Å². The summed E-state index contributed by atoms with van der Waals surface area (Å²) in [6.07, 6.45) is 2.84. The molecule has 0 radical (unpaired) electrons. The third-order valence-electron chi connectivity index (χ3n) is 3.55. The molecule has 3 heteroatoms. The van der Waals surface area contributed by atoms with Gasteiger partial charge in [-0.2, -0.15) is 0 Å². The zero-order valence-electron chi connectivity index (χ0n) is 8.64. The van der Waals surface area contributed by atoms with E-state index in [0.717, 1.165) is 19.3 Å². The van der Waals surface area contributed by atoms with Gasteiger partial charge in [-0.25, -0.2) is 0 Å². The minimum absolute atomic E-state index is 0.938. The molecule has 2 N–H and O–H groups in total. The maximum Gasteiger partial charge on any atom is 0.101 e. The van der Waals surface area contributed by atoms with Crippen molar-refractivity contribution in [3.05, 3.63) is 0 Å². The molecular weight excluding hydrogens is 164 g/mol. The predicted octanol–water partition coefficient (Wildman–Crippen LogP) is -2.42. The highest BCUT2D eigenvalue weighted by molar-refractivity contribution is 4.60. The minimum Gasteiger partial charge on any atom is -0.370 e. The molecule has 0 amide bonds. The Morgan fingerprint density at radius 1 is 1.00 bits per heavy atom. The first-order valence-electron chi connectivity index (χ1n) is 5.60. The van der Waals surface area contributed by atoms with Crippen molar-refractivity contribution in [3.8, 4) is 0 Å². The summed E-state index contributed by atoms with van der Waals surface area (Å²) >= 11 is 0. The number of hydrogen-bond donors (Lipinski definition) is 2. The van der Waals surface area contributed by atoms with Crippen LogP contribution in [-0.4, -0.2) is 52.5 Å². The molecule has 0 unspecified atom stereocenters. The Morgan fingerprint density at radius 3 is 2.23 bits per heavy atom. The van der Waals surface area contributed by atoms with E-state index in [2.05, 4.69) is 7.05 Å². The van der Waals surface area contributed by atoms with Gasteiger partial charge in [0.25, 0.3) is 0 Å². The summed E-state index contributed by atoms with van der Waals surface area (Å²) in [6.45, 7) is 7.18. The Bertz CT molecular complexity index is 149. The van der Waals surface area contributed by atoms with Crippen molar-refractivity contribution in [2.24, 2.45) is 0 Å². The fourth-order valence-electron chi connectivity index (χ4n) is 2.56. The second-order valence-electron chi connectivity index (χ2n) is 4.50. The number of morpholine rings is 1. The topological polar surface area (TPSA) is 18.1 Å². The minimum atomic E-state index is 0.938. The lowest BCUT2D eigenvalue weighted by atomic mass is 10.0. The number of ether oxygens (including phenoxy) is 1. The smallest absolute Gasteiger partial charge is 0.101 e. The number of quaternary nitrogens is 2. The van der Waals surface area contributed by atoms with Gasteiger partial charge in [-0.3, -0.25) is 0 Å². The van der Waals surface area contributed by atoms with Gasteiger partial charge < -0.3 is 14.5 Å². The summed E-state index contributed by atoms with van der Waals surface area (Å²) in [6, 6.07) is 0.938. The van der Waals surface area contributed by atoms with Crippen molar-refractivity contribution in [1.29, 1.82) is 0 Å². The fraction of sp³-hybridized carbons (Fsp3) is 1.00. The van der Waals surface area contributed by atoms with E-state index in [0.29, 0.717) is 0 Å². The first-order chi connectivity index (χ1) is 6.36. The van der Waals surface area contributed by atoms with Crippen LogP contribution >= 0.6 is 0 Å². The van der Waals surface area contributed by atoms with Gasteiger partial charge in [-0.15, -0.1) is 0 Å². The molecule has 2 rings (SSSR count). The van der Waals surface area contributed by atoms with Crippen LogP contribution in [0, 0.1) is 0 Å². The first kappa shape index (κ1) is 9.44. The van der Waals surface area contributed by atoms with E-state index in [4.69, 9.17) is 4.74 Å². The Kier molecular flexibility index (Phi) is 3.19. The molecule has 2 heterocycles. The van der Waals surface area contributed by atoms with Crippen LogP contribution in [0.1, 0.15) is 12.8 Å². The second-order valence-corrected chi connectivity index (χ2v) is 4.50. The van der Waals surface area contributed by atoms with Gasteiger partial charge in [-0.1, -0.05) is 0 Å². The van der Waals surface area contributed by atoms with Crippen LogP contribution in [0.25, 0.3) is 0 Å². The quantitative estimate of drug-likeness (QED) is 0.466. The Morgan fingerprint density at radius 2 is 1.62 bits per heavy atom. The summed E-state index contributed by atoms with van der Waals surface area (Å²) in [5.74, 6) is 0. The monoisotopic (exact) mass is 186 g/mol. The lowest BCUT2D eigenvalue weighted by Gasteiger charge is -2.34. The summed E-state index contributed by atoms with van der Waals surface area (Å²) < 4.78 is 5.39. The number of hydrogen-bond acceptors (Lipinski definition) is 1. The van der Waals surface area contributed by atoms with E-state index in [-0.39, 0.29) is 0 Å². The van der Waals surface area contributed by atoms with E-state index in [9.17, 15) is 0 Å². The van der Waals surface area contributed by atoms with Crippen molar-refractivity contribution in [2.45, 2.75) is 18.9 Å². The summed E-state index contributed by atoms with van der Waals surface area (Å²) in [5.41, 5.74) is 0. The number of piperidine rings is 1. The molecule has 0 spiro atoms. The average Bonchev–Trinajstić information content (AvgIpc) is 2.20. The third-order valence-corrected chi connectivity index (χ3v) is 3.55. The average molecular weight is 186 g/mol. The molecule has 0 aliphatic carbocycles. The maximum absolute atomic E-state index is 5.39. The molecule has 0 atom stereocenters. The van der Waals surface area contributed by atoms with Crippen LogP contribution < -0.4 is 9.80 Å². The van der Waals surface area contributed by atoms with Crippen molar-refractivity contribution < 1.29 is 14.5 Å². The molecule has 13 heavy (non-hydrogen) atoms. The van der Waals surface area contributed by atoms with Crippen molar-refractivity contribution in [3.63, 3.8) is 0 Å². The van der Waals surface area contributed by atoms with Gasteiger partial charge >= 0.3 is 0 Å². The van der Waals surface area contributed by atoms with Gasteiger partial charge in [0.1, 0.15) is 13.1 Å². The molecule has 2 aliphatic heterocycles. The van der Waals surface area contributed by atoms with E-state index in [1.54, 1.807) is 9.80 Å². The first-order valence-corrected chi connectivity index (χ1v) is 5.60. The number of rotatable bonds is 1. The van der Waals surface area contributed by atoms with Gasteiger partial charge in [0, 0.05) is 12.8 Å². The van der Waals surface area contributed by atoms with E-state index in [1.807, 2.05) is 0 Å². The normalized spacial score (nSPS) is 37.6.